The molecule has 1 aromatic heterocycles. The fraction of sp³-hybridized carbons (Fsp3) is 0.467. The SMILES string of the molecule is Cc1cc2ccc(CCCC(C)C)cc2o1. The molecule has 0 aliphatic heterocycles. The maximum Gasteiger partial charge on any atom is 0.134 e. The van der Waals surface area contributed by atoms with Crippen LogP contribution in [0.25, 0.3) is 11.0 Å². The predicted molar refractivity (Wildman–Crippen MR) is 68.7 cm³/mol. The van der Waals surface area contributed by atoms with Crippen molar-refractivity contribution in [3.05, 3.63) is 35.6 Å². The minimum absolute atomic E-state index is 0.801. The lowest BCUT2D eigenvalue weighted by Crippen LogP contribution is -1.90. The highest BCUT2D eigenvalue weighted by Gasteiger charge is 2.02. The van der Waals surface area contributed by atoms with E-state index < -0.39 is 0 Å². The average molecular weight is 216 g/mol. The molecule has 0 spiro atoms. The maximum atomic E-state index is 5.64. The van der Waals surface area contributed by atoms with E-state index in [1.54, 1.807) is 0 Å². The summed E-state index contributed by atoms with van der Waals surface area (Å²) in [7, 11) is 0. The van der Waals surface area contributed by atoms with E-state index in [-0.39, 0.29) is 0 Å². The average Bonchev–Trinajstić information content (AvgIpc) is 2.56. The van der Waals surface area contributed by atoms with Gasteiger partial charge < -0.3 is 4.42 Å². The lowest BCUT2D eigenvalue weighted by molar-refractivity contribution is 0.555. The van der Waals surface area contributed by atoms with Gasteiger partial charge in [-0.15, -0.1) is 0 Å². The van der Waals surface area contributed by atoms with Crippen LogP contribution in [0.3, 0.4) is 0 Å². The molecular weight excluding hydrogens is 196 g/mol. The second-order valence-electron chi connectivity index (χ2n) is 5.02. The van der Waals surface area contributed by atoms with E-state index in [9.17, 15) is 0 Å². The summed E-state index contributed by atoms with van der Waals surface area (Å²) in [4.78, 5) is 0. The highest BCUT2D eigenvalue weighted by Crippen LogP contribution is 2.21. The summed E-state index contributed by atoms with van der Waals surface area (Å²) < 4.78 is 5.64. The Kier molecular flexibility index (Phi) is 3.33. The lowest BCUT2D eigenvalue weighted by atomic mass is 10.0. The van der Waals surface area contributed by atoms with Crippen molar-refractivity contribution in [3.63, 3.8) is 0 Å². The van der Waals surface area contributed by atoms with Crippen LogP contribution in [0.5, 0.6) is 0 Å². The fourth-order valence-electron chi connectivity index (χ4n) is 2.08. The smallest absolute Gasteiger partial charge is 0.134 e. The first-order valence-corrected chi connectivity index (χ1v) is 6.14. The molecule has 2 aromatic rings. The zero-order valence-corrected chi connectivity index (χ0v) is 10.4. The van der Waals surface area contributed by atoms with Gasteiger partial charge in [0.25, 0.3) is 0 Å². The van der Waals surface area contributed by atoms with Crippen molar-refractivity contribution in [2.45, 2.75) is 40.0 Å². The van der Waals surface area contributed by atoms with E-state index in [4.69, 9.17) is 4.42 Å². The number of benzene rings is 1. The van der Waals surface area contributed by atoms with E-state index in [0.29, 0.717) is 0 Å². The molecule has 1 nitrogen and oxygen atoms in total. The molecule has 0 radical (unpaired) electrons. The van der Waals surface area contributed by atoms with Gasteiger partial charge in [0.15, 0.2) is 0 Å². The molecule has 0 saturated carbocycles. The third kappa shape index (κ3) is 2.66. The number of aryl methyl sites for hydroxylation is 2. The van der Waals surface area contributed by atoms with Crippen molar-refractivity contribution in [1.29, 1.82) is 0 Å². The van der Waals surface area contributed by atoms with Gasteiger partial charge in [-0.2, -0.15) is 0 Å². The fourth-order valence-corrected chi connectivity index (χ4v) is 2.08. The number of fused-ring (bicyclic) bond motifs is 1. The van der Waals surface area contributed by atoms with Gasteiger partial charge in [0.1, 0.15) is 11.3 Å². The Morgan fingerprint density at radius 2 is 2.00 bits per heavy atom. The Morgan fingerprint density at radius 1 is 1.19 bits per heavy atom. The summed E-state index contributed by atoms with van der Waals surface area (Å²) in [6.45, 7) is 6.55. The largest absolute Gasteiger partial charge is 0.461 e. The maximum absolute atomic E-state index is 5.64. The third-order valence-corrected chi connectivity index (χ3v) is 2.95. The van der Waals surface area contributed by atoms with E-state index in [0.717, 1.165) is 23.7 Å². The number of hydrogen-bond donors (Lipinski definition) is 0. The zero-order chi connectivity index (χ0) is 11.5. The van der Waals surface area contributed by atoms with Crippen molar-refractivity contribution in [2.24, 2.45) is 5.92 Å². The van der Waals surface area contributed by atoms with E-state index in [2.05, 4.69) is 38.1 Å². The van der Waals surface area contributed by atoms with Crippen LogP contribution in [-0.2, 0) is 6.42 Å². The van der Waals surface area contributed by atoms with Crippen LogP contribution in [-0.4, -0.2) is 0 Å². The molecule has 1 heterocycles. The molecule has 86 valence electrons. The number of furan rings is 1. The summed E-state index contributed by atoms with van der Waals surface area (Å²) in [6, 6.07) is 8.66. The second-order valence-corrected chi connectivity index (χ2v) is 5.02. The van der Waals surface area contributed by atoms with Gasteiger partial charge in [0, 0.05) is 5.39 Å². The van der Waals surface area contributed by atoms with Crippen LogP contribution in [0, 0.1) is 12.8 Å². The number of rotatable bonds is 4. The van der Waals surface area contributed by atoms with Crippen LogP contribution in [0.4, 0.5) is 0 Å². The molecule has 0 bridgehead atoms. The van der Waals surface area contributed by atoms with Gasteiger partial charge in [-0.25, -0.2) is 0 Å². The normalized spacial score (nSPS) is 11.5. The van der Waals surface area contributed by atoms with E-state index in [1.165, 1.54) is 23.8 Å². The van der Waals surface area contributed by atoms with Crippen molar-refractivity contribution in [2.75, 3.05) is 0 Å². The molecule has 0 fully saturated rings. The lowest BCUT2D eigenvalue weighted by Gasteiger charge is -2.04. The van der Waals surface area contributed by atoms with Crippen LogP contribution >= 0.6 is 0 Å². The molecule has 0 amide bonds. The Morgan fingerprint density at radius 3 is 2.75 bits per heavy atom. The monoisotopic (exact) mass is 216 g/mol. The van der Waals surface area contributed by atoms with E-state index >= 15 is 0 Å². The Hall–Kier alpha value is -1.24. The quantitative estimate of drug-likeness (QED) is 0.720. The summed E-state index contributed by atoms with van der Waals surface area (Å²) in [5, 5.41) is 1.21. The van der Waals surface area contributed by atoms with Gasteiger partial charge in [-0.1, -0.05) is 32.4 Å². The molecule has 0 atom stereocenters. The van der Waals surface area contributed by atoms with Gasteiger partial charge in [-0.05, 0) is 43.4 Å². The van der Waals surface area contributed by atoms with Crippen LogP contribution in [0.2, 0.25) is 0 Å². The molecule has 0 aliphatic carbocycles. The third-order valence-electron chi connectivity index (χ3n) is 2.95. The molecule has 0 saturated heterocycles. The first-order valence-electron chi connectivity index (χ1n) is 6.14. The van der Waals surface area contributed by atoms with Gasteiger partial charge in [0.2, 0.25) is 0 Å². The first-order chi connectivity index (χ1) is 7.65. The van der Waals surface area contributed by atoms with Gasteiger partial charge in [0.05, 0.1) is 0 Å². The Labute approximate surface area is 97.5 Å². The molecular formula is C15H20O. The standard InChI is InChI=1S/C15H20O/c1-11(2)5-4-6-13-7-8-14-9-12(3)16-15(14)10-13/h7-11H,4-6H2,1-3H3. The van der Waals surface area contributed by atoms with Crippen molar-refractivity contribution in [3.8, 4) is 0 Å². The van der Waals surface area contributed by atoms with Crippen molar-refractivity contribution in [1.82, 2.24) is 0 Å². The second kappa shape index (κ2) is 4.73. The van der Waals surface area contributed by atoms with Crippen molar-refractivity contribution >= 4 is 11.0 Å². The number of hydrogen-bond acceptors (Lipinski definition) is 1. The van der Waals surface area contributed by atoms with E-state index in [1.807, 2.05) is 6.92 Å². The predicted octanol–water partition coefficient (Wildman–Crippen LogP) is 4.72. The molecule has 0 aliphatic rings. The van der Waals surface area contributed by atoms with Gasteiger partial charge in [-0.3, -0.25) is 0 Å². The summed E-state index contributed by atoms with van der Waals surface area (Å²) in [5.41, 5.74) is 2.42. The van der Waals surface area contributed by atoms with Gasteiger partial charge >= 0.3 is 0 Å². The first kappa shape index (κ1) is 11.3. The highest BCUT2D eigenvalue weighted by atomic mass is 16.3. The molecule has 0 N–H and O–H groups in total. The minimum Gasteiger partial charge on any atom is -0.461 e. The molecule has 1 aromatic carbocycles. The summed E-state index contributed by atoms with van der Waals surface area (Å²) in [6.07, 6.45) is 3.73. The molecule has 16 heavy (non-hydrogen) atoms. The minimum atomic E-state index is 0.801. The van der Waals surface area contributed by atoms with Crippen LogP contribution in [0.1, 0.15) is 38.0 Å². The Balaban J connectivity index is 2.07. The molecule has 0 unspecified atom stereocenters. The highest BCUT2D eigenvalue weighted by molar-refractivity contribution is 5.78. The van der Waals surface area contributed by atoms with Crippen LogP contribution < -0.4 is 0 Å². The summed E-state index contributed by atoms with van der Waals surface area (Å²) in [5.74, 6) is 1.80. The Bertz CT molecular complexity index is 465. The topological polar surface area (TPSA) is 13.1 Å². The molecule has 2 rings (SSSR count). The van der Waals surface area contributed by atoms with Crippen molar-refractivity contribution < 1.29 is 4.42 Å². The zero-order valence-electron chi connectivity index (χ0n) is 10.4. The summed E-state index contributed by atoms with van der Waals surface area (Å²) >= 11 is 0. The molecule has 1 heteroatoms. The van der Waals surface area contributed by atoms with Crippen LogP contribution in [0.15, 0.2) is 28.7 Å².